The van der Waals surface area contributed by atoms with E-state index in [1.807, 2.05) is 37.8 Å². The van der Waals surface area contributed by atoms with Crippen molar-refractivity contribution >= 4 is 29.3 Å². The summed E-state index contributed by atoms with van der Waals surface area (Å²) in [5, 5.41) is 4.95. The number of hydrogen-bond acceptors (Lipinski definition) is 3. The van der Waals surface area contributed by atoms with Crippen LogP contribution in [0.15, 0.2) is 18.2 Å². The molecule has 0 radical (unpaired) electrons. The molecule has 2 unspecified atom stereocenters. The first-order chi connectivity index (χ1) is 10.7. The third-order valence-electron chi connectivity index (χ3n) is 4.38. The van der Waals surface area contributed by atoms with E-state index in [2.05, 4.69) is 5.32 Å². The Kier molecular flexibility index (Phi) is 4.51. The number of ether oxygens (including phenoxy) is 1. The zero-order valence-corrected chi connectivity index (χ0v) is 15.1. The molecule has 0 spiro atoms. The lowest BCUT2D eigenvalue weighted by Gasteiger charge is -2.26. The minimum absolute atomic E-state index is 0.207. The summed E-state index contributed by atoms with van der Waals surface area (Å²) in [5.74, 6) is 1.03. The summed E-state index contributed by atoms with van der Waals surface area (Å²) < 4.78 is 5.42. The SMILES string of the molecule is CC(C)(C)OC(=O)N1CC2C(C1)C2NCc1cc(Cl)ccc1Cl. The molecule has 2 fully saturated rings. The van der Waals surface area contributed by atoms with Crippen molar-refractivity contribution < 1.29 is 9.53 Å². The quantitative estimate of drug-likeness (QED) is 0.891. The van der Waals surface area contributed by atoms with Crippen LogP contribution >= 0.6 is 23.2 Å². The zero-order valence-electron chi connectivity index (χ0n) is 13.6. The molecule has 1 N–H and O–H groups in total. The summed E-state index contributed by atoms with van der Waals surface area (Å²) in [7, 11) is 0. The molecule has 1 saturated carbocycles. The Bertz CT molecular complexity index is 603. The van der Waals surface area contributed by atoms with Crippen molar-refractivity contribution in [2.45, 2.75) is 39.0 Å². The van der Waals surface area contributed by atoms with Gasteiger partial charge in [-0.25, -0.2) is 4.79 Å². The van der Waals surface area contributed by atoms with E-state index >= 15 is 0 Å². The molecule has 1 aromatic rings. The van der Waals surface area contributed by atoms with Gasteiger partial charge in [0.25, 0.3) is 0 Å². The highest BCUT2D eigenvalue weighted by Gasteiger charge is 2.56. The molecule has 126 valence electrons. The minimum Gasteiger partial charge on any atom is -0.444 e. The second-order valence-electron chi connectivity index (χ2n) is 7.36. The summed E-state index contributed by atoms with van der Waals surface area (Å²) in [6.45, 7) is 7.90. The predicted octanol–water partition coefficient (Wildman–Crippen LogP) is 3.95. The normalized spacial score (nSPS) is 26.1. The number of amides is 1. The molecule has 1 aromatic carbocycles. The number of hydrogen-bond donors (Lipinski definition) is 1. The van der Waals surface area contributed by atoms with E-state index in [-0.39, 0.29) is 6.09 Å². The second kappa shape index (κ2) is 6.15. The molecule has 1 aliphatic heterocycles. The van der Waals surface area contributed by atoms with Crippen LogP contribution < -0.4 is 5.32 Å². The highest BCUT2D eigenvalue weighted by Crippen LogP contribution is 2.46. The first-order valence-corrected chi connectivity index (χ1v) is 8.65. The number of carbonyl (C=O) groups is 1. The average Bonchev–Trinajstić information content (AvgIpc) is 2.89. The van der Waals surface area contributed by atoms with Crippen molar-refractivity contribution in [2.75, 3.05) is 13.1 Å². The monoisotopic (exact) mass is 356 g/mol. The van der Waals surface area contributed by atoms with Crippen LogP contribution in [0, 0.1) is 11.8 Å². The van der Waals surface area contributed by atoms with Gasteiger partial charge in [0.15, 0.2) is 0 Å². The van der Waals surface area contributed by atoms with E-state index in [1.54, 1.807) is 6.07 Å². The van der Waals surface area contributed by atoms with Crippen molar-refractivity contribution in [1.82, 2.24) is 10.2 Å². The Morgan fingerprint density at radius 1 is 1.30 bits per heavy atom. The fourth-order valence-electron chi connectivity index (χ4n) is 3.21. The molecule has 1 aliphatic carbocycles. The standard InChI is InChI=1S/C17H22Cl2N2O2/c1-17(2,3)23-16(22)21-8-12-13(9-21)15(12)20-7-10-6-11(18)4-5-14(10)19/h4-6,12-13,15,20H,7-9H2,1-3H3. The van der Waals surface area contributed by atoms with E-state index < -0.39 is 5.60 Å². The number of halogens is 2. The van der Waals surface area contributed by atoms with Crippen LogP contribution in [0.25, 0.3) is 0 Å². The largest absolute Gasteiger partial charge is 0.444 e. The summed E-state index contributed by atoms with van der Waals surface area (Å²) in [6, 6.07) is 5.95. The zero-order chi connectivity index (χ0) is 16.8. The van der Waals surface area contributed by atoms with Gasteiger partial charge in [-0.1, -0.05) is 23.2 Å². The molecule has 6 heteroatoms. The smallest absolute Gasteiger partial charge is 0.410 e. The summed E-state index contributed by atoms with van der Waals surface area (Å²) in [5.41, 5.74) is 0.568. The average molecular weight is 357 g/mol. The van der Waals surface area contributed by atoms with Gasteiger partial charge >= 0.3 is 6.09 Å². The van der Waals surface area contributed by atoms with Gasteiger partial charge in [-0.3, -0.25) is 0 Å². The maximum absolute atomic E-state index is 12.0. The van der Waals surface area contributed by atoms with Crippen LogP contribution in [-0.2, 0) is 11.3 Å². The van der Waals surface area contributed by atoms with E-state index in [4.69, 9.17) is 27.9 Å². The molecule has 4 nitrogen and oxygen atoms in total. The van der Waals surface area contributed by atoms with Crippen LogP contribution in [0.2, 0.25) is 10.0 Å². The Morgan fingerprint density at radius 3 is 2.57 bits per heavy atom. The third-order valence-corrected chi connectivity index (χ3v) is 4.99. The minimum atomic E-state index is -0.440. The van der Waals surface area contributed by atoms with Gasteiger partial charge < -0.3 is 15.0 Å². The summed E-state index contributed by atoms with van der Waals surface area (Å²) >= 11 is 12.2. The highest BCUT2D eigenvalue weighted by atomic mass is 35.5. The third kappa shape index (κ3) is 3.93. The van der Waals surface area contributed by atoms with E-state index in [9.17, 15) is 4.79 Å². The highest BCUT2D eigenvalue weighted by molar-refractivity contribution is 6.33. The summed E-state index contributed by atoms with van der Waals surface area (Å²) in [6.07, 6.45) is -0.207. The molecule has 1 heterocycles. The number of rotatable bonds is 3. The molecule has 2 atom stereocenters. The fourth-order valence-corrected chi connectivity index (χ4v) is 3.59. The number of nitrogens with one attached hydrogen (secondary N) is 1. The number of carbonyl (C=O) groups excluding carboxylic acids is 1. The van der Waals surface area contributed by atoms with E-state index in [0.717, 1.165) is 23.7 Å². The van der Waals surface area contributed by atoms with E-state index in [1.165, 1.54) is 0 Å². The first kappa shape index (κ1) is 16.9. The van der Waals surface area contributed by atoms with Crippen LogP contribution in [0.5, 0.6) is 0 Å². The molecule has 3 rings (SSSR count). The van der Waals surface area contributed by atoms with Crippen LogP contribution in [-0.4, -0.2) is 35.7 Å². The van der Waals surface area contributed by atoms with Gasteiger partial charge in [0.2, 0.25) is 0 Å². The van der Waals surface area contributed by atoms with Crippen molar-refractivity contribution in [2.24, 2.45) is 11.8 Å². The van der Waals surface area contributed by atoms with Crippen molar-refractivity contribution in [1.29, 1.82) is 0 Å². The lowest BCUT2D eigenvalue weighted by Crippen LogP contribution is -2.39. The second-order valence-corrected chi connectivity index (χ2v) is 8.20. The topological polar surface area (TPSA) is 41.6 Å². The Hall–Kier alpha value is -0.970. The van der Waals surface area contributed by atoms with Gasteiger partial charge in [0.05, 0.1) is 0 Å². The molecule has 23 heavy (non-hydrogen) atoms. The molecule has 1 saturated heterocycles. The number of nitrogens with zero attached hydrogens (tertiary/aromatic N) is 1. The predicted molar refractivity (Wildman–Crippen MR) is 91.9 cm³/mol. The lowest BCUT2D eigenvalue weighted by molar-refractivity contribution is 0.0269. The maximum Gasteiger partial charge on any atom is 0.410 e. The van der Waals surface area contributed by atoms with Gasteiger partial charge in [-0.15, -0.1) is 0 Å². The molecular weight excluding hydrogens is 335 g/mol. The Balaban J connectivity index is 1.47. The number of fused-ring (bicyclic) bond motifs is 1. The van der Waals surface area contributed by atoms with Gasteiger partial charge in [-0.2, -0.15) is 0 Å². The number of piperidine rings is 1. The van der Waals surface area contributed by atoms with E-state index in [0.29, 0.717) is 29.4 Å². The maximum atomic E-state index is 12.0. The molecule has 0 aromatic heterocycles. The molecule has 0 bridgehead atoms. The van der Waals surface area contributed by atoms with Crippen LogP contribution in [0.1, 0.15) is 26.3 Å². The van der Waals surface area contributed by atoms with Crippen LogP contribution in [0.3, 0.4) is 0 Å². The number of benzene rings is 1. The van der Waals surface area contributed by atoms with Crippen molar-refractivity contribution in [3.8, 4) is 0 Å². The molecular formula is C17H22Cl2N2O2. The Labute approximate surface area is 147 Å². The summed E-state index contributed by atoms with van der Waals surface area (Å²) in [4.78, 5) is 13.9. The van der Waals surface area contributed by atoms with Gasteiger partial charge in [-0.05, 0) is 56.4 Å². The van der Waals surface area contributed by atoms with Crippen LogP contribution in [0.4, 0.5) is 4.79 Å². The first-order valence-electron chi connectivity index (χ1n) is 7.90. The van der Waals surface area contributed by atoms with Crippen molar-refractivity contribution in [3.63, 3.8) is 0 Å². The molecule has 1 amide bonds. The molecule has 2 aliphatic rings. The number of likely N-dealkylation sites (tertiary alicyclic amines) is 1. The van der Waals surface area contributed by atoms with Crippen molar-refractivity contribution in [3.05, 3.63) is 33.8 Å². The lowest BCUT2D eigenvalue weighted by atomic mass is 10.2. The Morgan fingerprint density at radius 2 is 1.96 bits per heavy atom. The van der Waals surface area contributed by atoms with Gasteiger partial charge in [0.1, 0.15) is 5.60 Å². The fraction of sp³-hybridized carbons (Fsp3) is 0.588. The van der Waals surface area contributed by atoms with Gasteiger partial charge in [0, 0.05) is 35.7 Å².